The van der Waals surface area contributed by atoms with E-state index in [0.29, 0.717) is 6.04 Å². The van der Waals surface area contributed by atoms with E-state index in [0.717, 1.165) is 19.8 Å². The Hall–Kier alpha value is -0.120. The van der Waals surface area contributed by atoms with Crippen LogP contribution in [0, 0.1) is 0 Å². The van der Waals surface area contributed by atoms with Gasteiger partial charge in [-0.1, -0.05) is 20.3 Å². The summed E-state index contributed by atoms with van der Waals surface area (Å²) < 4.78 is 5.70. The number of ether oxygens (including phenoxy) is 1. The van der Waals surface area contributed by atoms with Crippen LogP contribution in [-0.2, 0) is 4.74 Å². The molecule has 1 N–H and O–H groups in total. The molecule has 1 fully saturated rings. The molecule has 1 aliphatic rings. The Balaban J connectivity index is 2.71. The molecule has 0 aromatic rings. The average Bonchev–Trinajstić information content (AvgIpc) is 2.43. The minimum absolute atomic E-state index is 0.228. The van der Waals surface area contributed by atoms with Crippen LogP contribution in [0.25, 0.3) is 0 Å². The highest BCUT2D eigenvalue weighted by Crippen LogP contribution is 2.27. The van der Waals surface area contributed by atoms with Crippen molar-refractivity contribution in [1.82, 2.24) is 10.2 Å². The number of nitrogens with one attached hydrogen (secondary N) is 1. The van der Waals surface area contributed by atoms with Crippen LogP contribution in [-0.4, -0.2) is 49.3 Å². The van der Waals surface area contributed by atoms with Gasteiger partial charge in [-0.05, 0) is 52.7 Å². The highest BCUT2D eigenvalue weighted by Gasteiger charge is 2.38. The van der Waals surface area contributed by atoms with Gasteiger partial charge in [-0.3, -0.25) is 4.90 Å². The number of likely N-dealkylation sites (N-methyl/N-ethyl adjacent to an activating group) is 1. The second-order valence-corrected chi connectivity index (χ2v) is 5.53. The molecule has 0 aliphatic carbocycles. The van der Waals surface area contributed by atoms with Crippen LogP contribution in [0.4, 0.5) is 0 Å². The summed E-state index contributed by atoms with van der Waals surface area (Å²) in [5.74, 6) is 0. The summed E-state index contributed by atoms with van der Waals surface area (Å²) in [7, 11) is 0. The highest BCUT2D eigenvalue weighted by atomic mass is 16.5. The first-order chi connectivity index (χ1) is 8.69. The van der Waals surface area contributed by atoms with Gasteiger partial charge in [-0.15, -0.1) is 0 Å². The first-order valence-electron chi connectivity index (χ1n) is 7.75. The molecule has 3 nitrogen and oxygen atoms in total. The standard InChI is InChI=1S/C15H32N2O/c1-5-15(4,17-11-9-8-10-12-17)14(16-6-2)13-18-7-3/h14,16H,5-13H2,1-4H3. The first kappa shape index (κ1) is 15.9. The largest absolute Gasteiger partial charge is 0.380 e. The third kappa shape index (κ3) is 3.94. The first-order valence-corrected chi connectivity index (χ1v) is 7.75. The van der Waals surface area contributed by atoms with Crippen molar-refractivity contribution in [3.8, 4) is 0 Å². The van der Waals surface area contributed by atoms with Crippen LogP contribution in [0.15, 0.2) is 0 Å². The second-order valence-electron chi connectivity index (χ2n) is 5.53. The zero-order valence-corrected chi connectivity index (χ0v) is 12.8. The highest BCUT2D eigenvalue weighted by molar-refractivity contribution is 4.97. The van der Waals surface area contributed by atoms with Crippen LogP contribution in [0.5, 0.6) is 0 Å². The van der Waals surface area contributed by atoms with E-state index in [4.69, 9.17) is 4.74 Å². The van der Waals surface area contributed by atoms with E-state index in [2.05, 4.69) is 37.9 Å². The maximum atomic E-state index is 5.70. The molecule has 1 heterocycles. The number of nitrogens with zero attached hydrogens (tertiary/aromatic N) is 1. The molecule has 0 aromatic heterocycles. The summed E-state index contributed by atoms with van der Waals surface area (Å²) in [4.78, 5) is 2.68. The molecule has 108 valence electrons. The van der Waals surface area contributed by atoms with Crippen LogP contribution in [0.3, 0.4) is 0 Å². The van der Waals surface area contributed by atoms with Gasteiger partial charge in [0, 0.05) is 18.2 Å². The van der Waals surface area contributed by atoms with Gasteiger partial charge >= 0.3 is 0 Å². The van der Waals surface area contributed by atoms with Crippen molar-refractivity contribution >= 4 is 0 Å². The van der Waals surface area contributed by atoms with Gasteiger partial charge in [-0.25, -0.2) is 0 Å². The van der Waals surface area contributed by atoms with Crippen molar-refractivity contribution in [2.24, 2.45) is 0 Å². The van der Waals surface area contributed by atoms with Gasteiger partial charge in [0.05, 0.1) is 6.61 Å². The number of rotatable bonds is 8. The predicted octanol–water partition coefficient (Wildman–Crippen LogP) is 2.66. The van der Waals surface area contributed by atoms with Crippen LogP contribution >= 0.6 is 0 Å². The smallest absolute Gasteiger partial charge is 0.0637 e. The average molecular weight is 256 g/mol. The minimum atomic E-state index is 0.228. The number of likely N-dealkylation sites (tertiary alicyclic amines) is 1. The summed E-state index contributed by atoms with van der Waals surface area (Å²) in [6.07, 6.45) is 5.28. The molecule has 0 radical (unpaired) electrons. The van der Waals surface area contributed by atoms with Crippen molar-refractivity contribution in [1.29, 1.82) is 0 Å². The summed E-state index contributed by atoms with van der Waals surface area (Å²) in [5.41, 5.74) is 0.228. The molecule has 0 spiro atoms. The molecule has 1 aliphatic heterocycles. The van der Waals surface area contributed by atoms with Gasteiger partial charge in [0.2, 0.25) is 0 Å². The number of piperidine rings is 1. The molecule has 0 amide bonds. The van der Waals surface area contributed by atoms with Gasteiger partial charge in [0.1, 0.15) is 0 Å². The molecule has 1 saturated heterocycles. The fraction of sp³-hybridized carbons (Fsp3) is 1.00. The topological polar surface area (TPSA) is 24.5 Å². The third-order valence-corrected chi connectivity index (χ3v) is 4.48. The van der Waals surface area contributed by atoms with Gasteiger partial charge in [-0.2, -0.15) is 0 Å². The molecule has 2 atom stereocenters. The Morgan fingerprint density at radius 1 is 1.17 bits per heavy atom. The lowest BCUT2D eigenvalue weighted by atomic mass is 9.85. The van der Waals surface area contributed by atoms with Gasteiger partial charge in [0.15, 0.2) is 0 Å². The summed E-state index contributed by atoms with van der Waals surface area (Å²) in [6.45, 7) is 14.1. The fourth-order valence-corrected chi connectivity index (χ4v) is 3.04. The fourth-order valence-electron chi connectivity index (χ4n) is 3.04. The van der Waals surface area contributed by atoms with E-state index in [-0.39, 0.29) is 5.54 Å². The maximum Gasteiger partial charge on any atom is 0.0637 e. The molecule has 1 rings (SSSR count). The number of hydrogen-bond acceptors (Lipinski definition) is 3. The van der Waals surface area contributed by atoms with E-state index in [1.54, 1.807) is 0 Å². The van der Waals surface area contributed by atoms with Crippen LogP contribution in [0.2, 0.25) is 0 Å². The quantitative estimate of drug-likeness (QED) is 0.722. The molecule has 3 heteroatoms. The Bertz CT molecular complexity index is 217. The van der Waals surface area contributed by atoms with Crippen molar-refractivity contribution in [3.05, 3.63) is 0 Å². The molecule has 0 aromatic carbocycles. The lowest BCUT2D eigenvalue weighted by Gasteiger charge is -2.48. The number of hydrogen-bond donors (Lipinski definition) is 1. The molecule has 18 heavy (non-hydrogen) atoms. The Labute approximate surface area is 113 Å². The van der Waals surface area contributed by atoms with E-state index in [1.165, 1.54) is 38.8 Å². The van der Waals surface area contributed by atoms with Crippen LogP contribution < -0.4 is 5.32 Å². The zero-order chi connectivity index (χ0) is 13.4. The van der Waals surface area contributed by atoms with E-state index < -0.39 is 0 Å². The molecular formula is C15H32N2O. The van der Waals surface area contributed by atoms with Crippen molar-refractivity contribution in [2.75, 3.05) is 32.8 Å². The predicted molar refractivity (Wildman–Crippen MR) is 78.1 cm³/mol. The Kier molecular flexibility index (Phi) is 7.20. The maximum absolute atomic E-state index is 5.70. The Morgan fingerprint density at radius 3 is 2.33 bits per heavy atom. The van der Waals surface area contributed by atoms with Gasteiger partial charge < -0.3 is 10.1 Å². The third-order valence-electron chi connectivity index (χ3n) is 4.48. The monoisotopic (exact) mass is 256 g/mol. The zero-order valence-electron chi connectivity index (χ0n) is 12.8. The minimum Gasteiger partial charge on any atom is -0.380 e. The molecule has 2 unspecified atom stereocenters. The SMILES string of the molecule is CCNC(COCC)C(C)(CC)N1CCCCC1. The van der Waals surface area contributed by atoms with E-state index in [9.17, 15) is 0 Å². The van der Waals surface area contributed by atoms with Crippen molar-refractivity contribution in [3.63, 3.8) is 0 Å². The van der Waals surface area contributed by atoms with E-state index in [1.807, 2.05) is 0 Å². The lowest BCUT2D eigenvalue weighted by molar-refractivity contribution is 0.00563. The summed E-state index contributed by atoms with van der Waals surface area (Å²) in [5, 5.41) is 3.64. The summed E-state index contributed by atoms with van der Waals surface area (Å²) >= 11 is 0. The lowest BCUT2D eigenvalue weighted by Crippen LogP contribution is -2.62. The van der Waals surface area contributed by atoms with Crippen molar-refractivity contribution < 1.29 is 4.74 Å². The second kappa shape index (κ2) is 8.13. The molecule has 0 saturated carbocycles. The van der Waals surface area contributed by atoms with Crippen molar-refractivity contribution in [2.45, 2.75) is 65.0 Å². The molecular weight excluding hydrogens is 224 g/mol. The molecule has 0 bridgehead atoms. The van der Waals surface area contributed by atoms with E-state index >= 15 is 0 Å². The normalized spacial score (nSPS) is 22.7. The Morgan fingerprint density at radius 2 is 1.83 bits per heavy atom. The summed E-state index contributed by atoms with van der Waals surface area (Å²) in [6, 6.07) is 0.436. The van der Waals surface area contributed by atoms with Gasteiger partial charge in [0.25, 0.3) is 0 Å². The van der Waals surface area contributed by atoms with Crippen LogP contribution in [0.1, 0.15) is 53.4 Å².